The Hall–Kier alpha value is -3.19. The normalized spacial score (nSPS) is 10.4. The van der Waals surface area contributed by atoms with Crippen molar-refractivity contribution in [2.45, 2.75) is 20.1 Å². The number of aryl methyl sites for hydroxylation is 1. The molecule has 0 amide bonds. The monoisotopic (exact) mass is 332 g/mol. The van der Waals surface area contributed by atoms with Crippen molar-refractivity contribution in [2.24, 2.45) is 0 Å². The lowest BCUT2D eigenvalue weighted by molar-refractivity contribution is 0.483. The number of nitriles is 1. The van der Waals surface area contributed by atoms with Gasteiger partial charge in [-0.05, 0) is 29.7 Å². The largest absolute Gasteiger partial charge is 0.303 e. The molecule has 3 nitrogen and oxygen atoms in total. The summed E-state index contributed by atoms with van der Waals surface area (Å²) in [5.41, 5.74) is 3.01. The zero-order valence-corrected chi connectivity index (χ0v) is 13.9. The fourth-order valence-corrected chi connectivity index (χ4v) is 2.88. The van der Waals surface area contributed by atoms with Crippen LogP contribution in [0.15, 0.2) is 65.5 Å². The molecular weight excluding hydrogens is 315 g/mol. The maximum atomic E-state index is 13.4. The first-order chi connectivity index (χ1) is 12.2. The number of pyridine rings is 1. The van der Waals surface area contributed by atoms with E-state index in [4.69, 9.17) is 0 Å². The van der Waals surface area contributed by atoms with Crippen LogP contribution in [0.4, 0.5) is 4.39 Å². The molecule has 0 aliphatic heterocycles. The third-order valence-electron chi connectivity index (χ3n) is 4.30. The number of halogens is 1. The number of rotatable bonds is 4. The van der Waals surface area contributed by atoms with Gasteiger partial charge < -0.3 is 4.57 Å². The fraction of sp³-hybridized carbons (Fsp3) is 0.143. The average molecular weight is 332 g/mol. The molecule has 124 valence electrons. The zero-order chi connectivity index (χ0) is 17.8. The molecule has 0 bridgehead atoms. The molecule has 0 aliphatic carbocycles. The Morgan fingerprint density at radius 1 is 1.04 bits per heavy atom. The van der Waals surface area contributed by atoms with Crippen molar-refractivity contribution in [2.75, 3.05) is 0 Å². The third kappa shape index (κ3) is 3.22. The highest BCUT2D eigenvalue weighted by Crippen LogP contribution is 2.22. The molecule has 0 N–H and O–H groups in total. The lowest BCUT2D eigenvalue weighted by atomic mass is 10.0. The number of alkyl halides is 1. The van der Waals surface area contributed by atoms with E-state index in [0.717, 1.165) is 16.7 Å². The Bertz CT molecular complexity index is 1000. The summed E-state index contributed by atoms with van der Waals surface area (Å²) in [6, 6.07) is 20.6. The van der Waals surface area contributed by atoms with Gasteiger partial charge in [-0.1, -0.05) is 54.6 Å². The Balaban J connectivity index is 2.27. The SMILES string of the molecule is Cc1ccccc1Cn1c(-c2ccccc2)cc(CF)c(C#N)c1=O. The van der Waals surface area contributed by atoms with Gasteiger partial charge in [0.2, 0.25) is 0 Å². The van der Waals surface area contributed by atoms with E-state index in [2.05, 4.69) is 0 Å². The van der Waals surface area contributed by atoms with E-state index in [9.17, 15) is 14.4 Å². The molecule has 0 aliphatic rings. The van der Waals surface area contributed by atoms with E-state index in [0.29, 0.717) is 12.2 Å². The number of hydrogen-bond acceptors (Lipinski definition) is 2. The maximum absolute atomic E-state index is 13.4. The van der Waals surface area contributed by atoms with E-state index in [-0.39, 0.29) is 11.1 Å². The van der Waals surface area contributed by atoms with E-state index in [1.807, 2.05) is 67.6 Å². The Kier molecular flexibility index (Phi) is 4.76. The van der Waals surface area contributed by atoms with Gasteiger partial charge in [0.05, 0.1) is 12.2 Å². The van der Waals surface area contributed by atoms with Crippen LogP contribution in [0.2, 0.25) is 0 Å². The molecule has 25 heavy (non-hydrogen) atoms. The lowest BCUT2D eigenvalue weighted by Crippen LogP contribution is -2.26. The van der Waals surface area contributed by atoms with Gasteiger partial charge in [0.25, 0.3) is 5.56 Å². The molecule has 1 aromatic heterocycles. The molecule has 3 aromatic rings. The van der Waals surface area contributed by atoms with Crippen LogP contribution in [0.5, 0.6) is 0 Å². The summed E-state index contributed by atoms with van der Waals surface area (Å²) in [5, 5.41) is 9.31. The summed E-state index contributed by atoms with van der Waals surface area (Å²) in [5.74, 6) is 0. The smallest absolute Gasteiger partial charge is 0.269 e. The fourth-order valence-electron chi connectivity index (χ4n) is 2.88. The second-order valence-electron chi connectivity index (χ2n) is 5.86. The number of hydrogen-bond donors (Lipinski definition) is 0. The topological polar surface area (TPSA) is 45.8 Å². The van der Waals surface area contributed by atoms with Crippen molar-refractivity contribution < 1.29 is 4.39 Å². The van der Waals surface area contributed by atoms with Gasteiger partial charge in [0.1, 0.15) is 18.3 Å². The first kappa shape index (κ1) is 16.7. The van der Waals surface area contributed by atoms with Gasteiger partial charge in [0.15, 0.2) is 0 Å². The summed E-state index contributed by atoms with van der Waals surface area (Å²) in [6.45, 7) is 1.46. The Morgan fingerprint density at radius 3 is 2.36 bits per heavy atom. The molecule has 0 fully saturated rings. The third-order valence-corrected chi connectivity index (χ3v) is 4.30. The summed E-state index contributed by atoms with van der Waals surface area (Å²) >= 11 is 0. The van der Waals surface area contributed by atoms with Crippen molar-refractivity contribution in [3.8, 4) is 17.3 Å². The second-order valence-corrected chi connectivity index (χ2v) is 5.86. The highest BCUT2D eigenvalue weighted by atomic mass is 19.1. The Morgan fingerprint density at radius 2 is 1.72 bits per heavy atom. The van der Waals surface area contributed by atoms with Crippen molar-refractivity contribution in [1.82, 2.24) is 4.57 Å². The predicted molar refractivity (Wildman–Crippen MR) is 95.9 cm³/mol. The van der Waals surface area contributed by atoms with Gasteiger partial charge in [-0.2, -0.15) is 5.26 Å². The standard InChI is InChI=1S/C21H17FN2O/c1-15-7-5-6-10-17(15)14-24-20(16-8-3-2-4-9-16)11-18(12-22)19(13-23)21(24)25/h2-11H,12,14H2,1H3. The van der Waals surface area contributed by atoms with Gasteiger partial charge >= 0.3 is 0 Å². The first-order valence-electron chi connectivity index (χ1n) is 7.98. The summed E-state index contributed by atoms with van der Waals surface area (Å²) in [4.78, 5) is 12.9. The van der Waals surface area contributed by atoms with Gasteiger partial charge in [0, 0.05) is 5.56 Å². The summed E-state index contributed by atoms with van der Waals surface area (Å²) in [6.07, 6.45) is 0. The molecule has 4 heteroatoms. The minimum atomic E-state index is -0.844. The Labute approximate surface area is 145 Å². The summed E-state index contributed by atoms with van der Waals surface area (Å²) in [7, 11) is 0. The van der Waals surface area contributed by atoms with Crippen LogP contribution in [0.25, 0.3) is 11.3 Å². The highest BCUT2D eigenvalue weighted by molar-refractivity contribution is 5.62. The molecule has 3 rings (SSSR count). The van der Waals surface area contributed by atoms with Crippen LogP contribution in [0, 0.1) is 18.3 Å². The average Bonchev–Trinajstić information content (AvgIpc) is 2.65. The molecular formula is C21H17FN2O. The molecule has 0 spiro atoms. The van der Waals surface area contributed by atoms with Crippen LogP contribution in [-0.2, 0) is 13.2 Å². The molecule has 0 unspecified atom stereocenters. The number of aromatic nitrogens is 1. The van der Waals surface area contributed by atoms with Crippen LogP contribution in [0.1, 0.15) is 22.3 Å². The molecule has 0 saturated heterocycles. The van der Waals surface area contributed by atoms with Crippen molar-refractivity contribution in [1.29, 1.82) is 5.26 Å². The van der Waals surface area contributed by atoms with Gasteiger partial charge in [-0.3, -0.25) is 4.79 Å². The van der Waals surface area contributed by atoms with Gasteiger partial charge in [-0.15, -0.1) is 0 Å². The van der Waals surface area contributed by atoms with Crippen LogP contribution in [-0.4, -0.2) is 4.57 Å². The minimum absolute atomic E-state index is 0.129. The van der Waals surface area contributed by atoms with E-state index >= 15 is 0 Å². The lowest BCUT2D eigenvalue weighted by Gasteiger charge is -2.16. The first-order valence-corrected chi connectivity index (χ1v) is 7.98. The highest BCUT2D eigenvalue weighted by Gasteiger charge is 2.16. The molecule has 0 radical (unpaired) electrons. The van der Waals surface area contributed by atoms with Crippen molar-refractivity contribution in [3.63, 3.8) is 0 Å². The quantitative estimate of drug-likeness (QED) is 0.718. The summed E-state index contributed by atoms with van der Waals surface area (Å²) < 4.78 is 14.9. The number of benzene rings is 2. The molecule has 0 saturated carbocycles. The van der Waals surface area contributed by atoms with Crippen LogP contribution in [0.3, 0.4) is 0 Å². The number of nitrogens with zero attached hydrogens (tertiary/aromatic N) is 2. The predicted octanol–water partition coefficient (Wildman–Crippen LogP) is 4.21. The second kappa shape index (κ2) is 7.14. The maximum Gasteiger partial charge on any atom is 0.269 e. The van der Waals surface area contributed by atoms with E-state index in [1.165, 1.54) is 0 Å². The van der Waals surface area contributed by atoms with Crippen molar-refractivity contribution >= 4 is 0 Å². The van der Waals surface area contributed by atoms with E-state index in [1.54, 1.807) is 10.6 Å². The molecule has 1 heterocycles. The molecule has 2 aromatic carbocycles. The van der Waals surface area contributed by atoms with Crippen molar-refractivity contribution in [3.05, 3.63) is 93.3 Å². The van der Waals surface area contributed by atoms with Gasteiger partial charge in [-0.25, -0.2) is 4.39 Å². The minimum Gasteiger partial charge on any atom is -0.303 e. The van der Waals surface area contributed by atoms with Crippen LogP contribution < -0.4 is 5.56 Å². The molecule has 0 atom stereocenters. The zero-order valence-electron chi connectivity index (χ0n) is 13.9. The van der Waals surface area contributed by atoms with Crippen LogP contribution >= 0.6 is 0 Å². The van der Waals surface area contributed by atoms with E-state index < -0.39 is 12.2 Å².